The molecule has 26 heavy (non-hydrogen) atoms. The summed E-state index contributed by atoms with van der Waals surface area (Å²) in [6.07, 6.45) is 2.85. The van der Waals surface area contributed by atoms with E-state index in [1.54, 1.807) is 10.7 Å². The topological polar surface area (TPSA) is 56.0 Å². The second kappa shape index (κ2) is 6.88. The van der Waals surface area contributed by atoms with Gasteiger partial charge in [0.15, 0.2) is 0 Å². The Morgan fingerprint density at radius 1 is 1.12 bits per heavy atom. The summed E-state index contributed by atoms with van der Waals surface area (Å²) in [5.74, 6) is 0. The molecule has 1 aliphatic heterocycles. The Morgan fingerprint density at radius 3 is 2.69 bits per heavy atom. The van der Waals surface area contributed by atoms with E-state index in [4.69, 9.17) is 0 Å². The third kappa shape index (κ3) is 3.32. The van der Waals surface area contributed by atoms with Crippen molar-refractivity contribution in [3.05, 3.63) is 76.0 Å². The van der Waals surface area contributed by atoms with Gasteiger partial charge in [-0.2, -0.15) is 10.2 Å². The number of para-hydroxylation sites is 1. The van der Waals surface area contributed by atoms with Gasteiger partial charge in [-0.15, -0.1) is 0 Å². The third-order valence-electron chi connectivity index (χ3n) is 4.72. The first-order valence-electron chi connectivity index (χ1n) is 9.04. The molecule has 1 aromatic carbocycles. The molecule has 6 nitrogen and oxygen atoms in total. The van der Waals surface area contributed by atoms with Crippen molar-refractivity contribution in [1.29, 1.82) is 0 Å². The molecule has 0 saturated heterocycles. The van der Waals surface area contributed by atoms with Gasteiger partial charge in [0.25, 0.3) is 5.56 Å². The van der Waals surface area contributed by atoms with E-state index in [9.17, 15) is 4.79 Å². The van der Waals surface area contributed by atoms with Gasteiger partial charge >= 0.3 is 0 Å². The summed E-state index contributed by atoms with van der Waals surface area (Å²) in [6, 6.07) is 14.0. The summed E-state index contributed by atoms with van der Waals surface area (Å²) in [6.45, 7) is 6.41. The maximum Gasteiger partial charge on any atom is 0.267 e. The minimum absolute atomic E-state index is 0.0195. The Kier molecular flexibility index (Phi) is 4.42. The lowest BCUT2D eigenvalue weighted by molar-refractivity contribution is 0.237. The van der Waals surface area contributed by atoms with Gasteiger partial charge in [0.05, 0.1) is 23.1 Å². The number of hydrogen-bond acceptors (Lipinski definition) is 4. The molecule has 4 rings (SSSR count). The van der Waals surface area contributed by atoms with Gasteiger partial charge in [0.2, 0.25) is 0 Å². The number of benzene rings is 1. The Bertz CT molecular complexity index is 958. The van der Waals surface area contributed by atoms with Crippen molar-refractivity contribution in [1.82, 2.24) is 24.5 Å². The molecule has 0 N–H and O–H groups in total. The summed E-state index contributed by atoms with van der Waals surface area (Å²) in [5, 5.41) is 9.23. The van der Waals surface area contributed by atoms with Crippen LogP contribution in [0.5, 0.6) is 0 Å². The fourth-order valence-electron chi connectivity index (χ4n) is 3.38. The van der Waals surface area contributed by atoms with Crippen molar-refractivity contribution in [2.75, 3.05) is 6.54 Å². The zero-order valence-corrected chi connectivity index (χ0v) is 15.2. The van der Waals surface area contributed by atoms with Crippen LogP contribution >= 0.6 is 0 Å². The number of nitrogens with zero attached hydrogens (tertiary/aromatic N) is 5. The first-order valence-corrected chi connectivity index (χ1v) is 9.04. The van der Waals surface area contributed by atoms with Crippen LogP contribution in [0.1, 0.15) is 36.8 Å². The highest BCUT2D eigenvalue weighted by atomic mass is 16.1. The predicted octanol–water partition coefficient (Wildman–Crippen LogP) is 2.57. The zero-order chi connectivity index (χ0) is 18.1. The second-order valence-corrected chi connectivity index (χ2v) is 7.04. The maximum atomic E-state index is 12.2. The molecule has 0 atom stereocenters. The van der Waals surface area contributed by atoms with Crippen molar-refractivity contribution in [2.24, 2.45) is 0 Å². The fraction of sp³-hybridized carbons (Fsp3) is 0.350. The Labute approximate surface area is 152 Å². The van der Waals surface area contributed by atoms with Gasteiger partial charge < -0.3 is 0 Å². The van der Waals surface area contributed by atoms with E-state index in [1.807, 2.05) is 55.1 Å². The summed E-state index contributed by atoms with van der Waals surface area (Å²) >= 11 is 0. The van der Waals surface area contributed by atoms with Crippen molar-refractivity contribution in [3.63, 3.8) is 0 Å². The average Bonchev–Trinajstić information content (AvgIpc) is 3.10. The Balaban J connectivity index is 1.49. The molecule has 0 bridgehead atoms. The maximum absolute atomic E-state index is 12.2. The second-order valence-electron chi connectivity index (χ2n) is 7.04. The summed E-state index contributed by atoms with van der Waals surface area (Å²) in [4.78, 5) is 14.5. The van der Waals surface area contributed by atoms with E-state index in [2.05, 4.69) is 21.2 Å². The number of hydrogen-bond donors (Lipinski definition) is 0. The Morgan fingerprint density at radius 2 is 1.92 bits per heavy atom. The SMILES string of the molecule is CC(C)n1nc2c(cc1=O)CN(Cc1ccn(-c3ccccc3)n1)CC2. The van der Waals surface area contributed by atoms with Crippen molar-refractivity contribution in [3.8, 4) is 5.69 Å². The highest BCUT2D eigenvalue weighted by Gasteiger charge is 2.20. The third-order valence-corrected chi connectivity index (χ3v) is 4.72. The molecule has 0 fully saturated rings. The van der Waals surface area contributed by atoms with Gasteiger partial charge in [-0.3, -0.25) is 9.69 Å². The molecule has 0 amide bonds. The first-order chi connectivity index (χ1) is 12.6. The first kappa shape index (κ1) is 16.7. The summed E-state index contributed by atoms with van der Waals surface area (Å²) in [5.41, 5.74) is 4.15. The summed E-state index contributed by atoms with van der Waals surface area (Å²) in [7, 11) is 0. The van der Waals surface area contributed by atoms with E-state index in [0.29, 0.717) is 0 Å². The normalized spacial score (nSPS) is 14.6. The molecule has 0 saturated carbocycles. The van der Waals surface area contributed by atoms with Crippen LogP contribution in [0.4, 0.5) is 0 Å². The standard InChI is InChI=1S/C20H23N5O/c1-15(2)25-20(26)12-16-13-23(10-9-19(16)22-25)14-17-8-11-24(21-17)18-6-4-3-5-7-18/h3-8,11-12,15H,9-10,13-14H2,1-2H3. The quantitative estimate of drug-likeness (QED) is 0.726. The predicted molar refractivity (Wildman–Crippen MR) is 100 cm³/mol. The van der Waals surface area contributed by atoms with Crippen LogP contribution in [0.15, 0.2) is 53.5 Å². The van der Waals surface area contributed by atoms with E-state index in [0.717, 1.165) is 48.7 Å². The molecule has 1 aliphatic rings. The molecule has 6 heteroatoms. The van der Waals surface area contributed by atoms with Crippen molar-refractivity contribution in [2.45, 2.75) is 39.4 Å². The number of rotatable bonds is 4. The molecule has 134 valence electrons. The van der Waals surface area contributed by atoms with Gasteiger partial charge in [-0.1, -0.05) is 18.2 Å². The van der Waals surface area contributed by atoms with E-state index in [-0.39, 0.29) is 11.6 Å². The van der Waals surface area contributed by atoms with E-state index < -0.39 is 0 Å². The average molecular weight is 349 g/mol. The minimum Gasteiger partial charge on any atom is -0.293 e. The summed E-state index contributed by atoms with van der Waals surface area (Å²) < 4.78 is 3.48. The van der Waals surface area contributed by atoms with Crippen LogP contribution in [0.2, 0.25) is 0 Å². The van der Waals surface area contributed by atoms with Gasteiger partial charge in [-0.05, 0) is 37.6 Å². The minimum atomic E-state index is -0.0195. The fourth-order valence-corrected chi connectivity index (χ4v) is 3.38. The molecular weight excluding hydrogens is 326 g/mol. The van der Waals surface area contributed by atoms with Crippen LogP contribution in [-0.2, 0) is 19.5 Å². The largest absolute Gasteiger partial charge is 0.293 e. The van der Waals surface area contributed by atoms with Gasteiger partial charge in [0.1, 0.15) is 0 Å². The lowest BCUT2D eigenvalue weighted by Gasteiger charge is -2.27. The molecule has 2 aromatic heterocycles. The molecule has 0 unspecified atom stereocenters. The van der Waals surface area contributed by atoms with Crippen molar-refractivity contribution >= 4 is 0 Å². The van der Waals surface area contributed by atoms with Crippen LogP contribution < -0.4 is 5.56 Å². The lowest BCUT2D eigenvalue weighted by atomic mass is 10.1. The molecular formula is C20H23N5O. The van der Waals surface area contributed by atoms with E-state index in [1.165, 1.54) is 0 Å². The highest BCUT2D eigenvalue weighted by molar-refractivity contribution is 5.30. The van der Waals surface area contributed by atoms with Crippen LogP contribution in [0, 0.1) is 0 Å². The van der Waals surface area contributed by atoms with E-state index >= 15 is 0 Å². The van der Waals surface area contributed by atoms with Crippen LogP contribution in [0.25, 0.3) is 5.69 Å². The Hall–Kier alpha value is -2.73. The molecule has 0 radical (unpaired) electrons. The highest BCUT2D eigenvalue weighted by Crippen LogP contribution is 2.18. The lowest BCUT2D eigenvalue weighted by Crippen LogP contribution is -2.35. The van der Waals surface area contributed by atoms with Gasteiger partial charge in [0, 0.05) is 38.3 Å². The van der Waals surface area contributed by atoms with Crippen molar-refractivity contribution < 1.29 is 0 Å². The van der Waals surface area contributed by atoms with Crippen LogP contribution in [0.3, 0.4) is 0 Å². The molecule has 3 aromatic rings. The molecule has 3 heterocycles. The number of fused-ring (bicyclic) bond motifs is 1. The monoisotopic (exact) mass is 349 g/mol. The zero-order valence-electron chi connectivity index (χ0n) is 15.2. The molecule has 0 aliphatic carbocycles. The van der Waals surface area contributed by atoms with Crippen LogP contribution in [-0.4, -0.2) is 31.0 Å². The molecule has 0 spiro atoms. The smallest absolute Gasteiger partial charge is 0.267 e. The van der Waals surface area contributed by atoms with Gasteiger partial charge in [-0.25, -0.2) is 9.36 Å². The number of aromatic nitrogens is 4.